The van der Waals surface area contributed by atoms with Crippen molar-refractivity contribution in [2.75, 3.05) is 44.3 Å². The Balaban J connectivity index is 0.00000225. The minimum atomic E-state index is 0. The highest BCUT2D eigenvalue weighted by atomic mass is 35.5. The highest BCUT2D eigenvalue weighted by molar-refractivity contribution is 5.85. The van der Waals surface area contributed by atoms with E-state index in [0.717, 1.165) is 52.2 Å². The lowest BCUT2D eigenvalue weighted by Crippen LogP contribution is -2.51. The molecular formula is C19H28ClN3O2. The highest BCUT2D eigenvalue weighted by Gasteiger charge is 2.22. The zero-order chi connectivity index (χ0) is 16.9. The predicted octanol–water partition coefficient (Wildman–Crippen LogP) is 3.25. The molecule has 0 atom stereocenters. The third kappa shape index (κ3) is 4.89. The van der Waals surface area contributed by atoms with Crippen LogP contribution in [0.1, 0.15) is 24.0 Å². The van der Waals surface area contributed by atoms with Crippen LogP contribution in [0.15, 0.2) is 30.0 Å². The molecule has 0 radical (unpaired) electrons. The van der Waals surface area contributed by atoms with Gasteiger partial charge in [-0.05, 0) is 49.5 Å². The Morgan fingerprint density at radius 2 is 1.80 bits per heavy atom. The van der Waals surface area contributed by atoms with Gasteiger partial charge in [0.05, 0.1) is 13.2 Å². The van der Waals surface area contributed by atoms with Gasteiger partial charge in [-0.25, -0.2) is 4.79 Å². The normalized spacial score (nSPS) is 17.8. The summed E-state index contributed by atoms with van der Waals surface area (Å²) in [5.74, 6) is 0. The number of hydrogen-bond acceptors (Lipinski definition) is 3. The maximum Gasteiger partial charge on any atom is 0.321 e. The molecule has 0 bridgehead atoms. The van der Waals surface area contributed by atoms with E-state index in [0.29, 0.717) is 0 Å². The van der Waals surface area contributed by atoms with Crippen LogP contribution in [-0.2, 0) is 4.74 Å². The molecule has 2 amide bonds. The molecule has 2 aliphatic rings. The van der Waals surface area contributed by atoms with Gasteiger partial charge >= 0.3 is 6.03 Å². The molecule has 0 spiro atoms. The second kappa shape index (κ2) is 9.11. The molecule has 3 rings (SSSR count). The van der Waals surface area contributed by atoms with Gasteiger partial charge in [0.2, 0.25) is 0 Å². The summed E-state index contributed by atoms with van der Waals surface area (Å²) in [7, 11) is 0. The number of nitrogens with one attached hydrogen (secondary N) is 1. The largest absolute Gasteiger partial charge is 0.381 e. The van der Waals surface area contributed by atoms with E-state index in [-0.39, 0.29) is 18.4 Å². The van der Waals surface area contributed by atoms with Crippen LogP contribution in [0.4, 0.5) is 10.5 Å². The molecule has 25 heavy (non-hydrogen) atoms. The Kier molecular flexibility index (Phi) is 7.14. The Morgan fingerprint density at radius 3 is 2.48 bits per heavy atom. The molecular weight excluding hydrogens is 338 g/mol. The summed E-state index contributed by atoms with van der Waals surface area (Å²) in [5, 5.41) is 2.95. The first-order valence-corrected chi connectivity index (χ1v) is 8.77. The molecule has 6 heteroatoms. The van der Waals surface area contributed by atoms with Crippen molar-refractivity contribution in [1.29, 1.82) is 0 Å². The third-order valence-electron chi connectivity index (χ3n) is 5.02. The maximum absolute atomic E-state index is 12.3. The highest BCUT2D eigenvalue weighted by Crippen LogP contribution is 2.23. The van der Waals surface area contributed by atoms with Crippen LogP contribution in [0, 0.1) is 13.8 Å². The molecule has 0 unspecified atom stereocenters. The fourth-order valence-electron chi connectivity index (χ4n) is 3.26. The fraction of sp³-hybridized carbons (Fsp3) is 0.526. The maximum atomic E-state index is 12.3. The summed E-state index contributed by atoms with van der Waals surface area (Å²) in [5.41, 5.74) is 5.21. The molecule has 2 aliphatic heterocycles. The van der Waals surface area contributed by atoms with Crippen molar-refractivity contribution in [1.82, 2.24) is 10.2 Å². The van der Waals surface area contributed by atoms with Gasteiger partial charge in [-0.1, -0.05) is 12.1 Å². The zero-order valence-electron chi connectivity index (χ0n) is 15.1. The van der Waals surface area contributed by atoms with Crippen LogP contribution in [-0.4, -0.2) is 50.3 Å². The van der Waals surface area contributed by atoms with Crippen molar-refractivity contribution in [3.8, 4) is 0 Å². The number of carbonyl (C=O) groups is 1. The van der Waals surface area contributed by atoms with Crippen molar-refractivity contribution >= 4 is 24.1 Å². The van der Waals surface area contributed by atoms with Crippen LogP contribution in [0.25, 0.3) is 0 Å². The summed E-state index contributed by atoms with van der Waals surface area (Å²) >= 11 is 0. The van der Waals surface area contributed by atoms with E-state index in [2.05, 4.69) is 42.3 Å². The van der Waals surface area contributed by atoms with E-state index >= 15 is 0 Å². The van der Waals surface area contributed by atoms with E-state index < -0.39 is 0 Å². The van der Waals surface area contributed by atoms with Crippen molar-refractivity contribution in [3.05, 3.63) is 41.1 Å². The molecule has 1 aromatic carbocycles. The van der Waals surface area contributed by atoms with Gasteiger partial charge in [-0.2, -0.15) is 0 Å². The molecule has 0 aliphatic carbocycles. The lowest BCUT2D eigenvalue weighted by atomic mass is 10.1. The van der Waals surface area contributed by atoms with Crippen molar-refractivity contribution in [3.63, 3.8) is 0 Å². The van der Waals surface area contributed by atoms with Crippen molar-refractivity contribution < 1.29 is 9.53 Å². The molecule has 1 aromatic rings. The van der Waals surface area contributed by atoms with Crippen molar-refractivity contribution in [2.45, 2.75) is 26.7 Å². The van der Waals surface area contributed by atoms with Crippen molar-refractivity contribution in [2.24, 2.45) is 0 Å². The van der Waals surface area contributed by atoms with Gasteiger partial charge in [-0.15, -0.1) is 12.4 Å². The number of carbonyl (C=O) groups excluding carboxylic acids is 1. The number of aryl methyl sites for hydroxylation is 1. The van der Waals surface area contributed by atoms with Crippen LogP contribution in [0.2, 0.25) is 0 Å². The standard InChI is InChI=1S/C19H27N3O2.ClH/c1-15-4-3-5-18(16(15)2)21-8-10-22(11-9-21)19(23)20-14-17-6-12-24-13-7-17;/h3-5,14H,6-13H2,1-2H3,(H,20,23);1H. The van der Waals surface area contributed by atoms with E-state index in [1.54, 1.807) is 0 Å². The van der Waals surface area contributed by atoms with Crippen LogP contribution >= 0.6 is 12.4 Å². The number of urea groups is 1. The molecule has 2 saturated heterocycles. The summed E-state index contributed by atoms with van der Waals surface area (Å²) in [6.07, 6.45) is 3.71. The summed E-state index contributed by atoms with van der Waals surface area (Å²) in [4.78, 5) is 16.6. The third-order valence-corrected chi connectivity index (χ3v) is 5.02. The number of halogens is 1. The van der Waals surface area contributed by atoms with Crippen LogP contribution in [0.5, 0.6) is 0 Å². The van der Waals surface area contributed by atoms with E-state index in [1.165, 1.54) is 22.4 Å². The summed E-state index contributed by atoms with van der Waals surface area (Å²) in [6.45, 7) is 9.10. The molecule has 138 valence electrons. The smallest absolute Gasteiger partial charge is 0.321 e. The summed E-state index contributed by atoms with van der Waals surface area (Å²) < 4.78 is 5.33. The number of rotatable bonds is 2. The minimum Gasteiger partial charge on any atom is -0.381 e. The van der Waals surface area contributed by atoms with E-state index in [1.807, 2.05) is 11.1 Å². The van der Waals surface area contributed by atoms with E-state index in [4.69, 9.17) is 4.74 Å². The van der Waals surface area contributed by atoms with Crippen LogP contribution in [0.3, 0.4) is 0 Å². The topological polar surface area (TPSA) is 44.8 Å². The van der Waals surface area contributed by atoms with Gasteiger partial charge in [-0.3, -0.25) is 0 Å². The number of amides is 2. The number of benzene rings is 1. The Bertz CT molecular complexity index is 617. The molecule has 1 N–H and O–H groups in total. The van der Waals surface area contributed by atoms with Gasteiger partial charge in [0.1, 0.15) is 0 Å². The van der Waals surface area contributed by atoms with Gasteiger partial charge < -0.3 is 19.9 Å². The molecule has 0 saturated carbocycles. The lowest BCUT2D eigenvalue weighted by molar-refractivity contribution is 0.118. The van der Waals surface area contributed by atoms with Gasteiger partial charge in [0.25, 0.3) is 0 Å². The average molecular weight is 366 g/mol. The predicted molar refractivity (Wildman–Crippen MR) is 104 cm³/mol. The SMILES string of the molecule is Cc1cccc(N2CCN(C(=O)NC=C3CCOCC3)CC2)c1C.Cl. The Hall–Kier alpha value is -1.72. The zero-order valence-corrected chi connectivity index (χ0v) is 15.9. The Morgan fingerprint density at radius 1 is 1.12 bits per heavy atom. The van der Waals surface area contributed by atoms with Gasteiger partial charge in [0, 0.05) is 38.1 Å². The first kappa shape index (κ1) is 19.6. The number of hydrogen-bond donors (Lipinski definition) is 1. The van der Waals surface area contributed by atoms with Gasteiger partial charge in [0.15, 0.2) is 0 Å². The van der Waals surface area contributed by atoms with Crippen LogP contribution < -0.4 is 10.2 Å². The average Bonchev–Trinajstić information content (AvgIpc) is 2.63. The monoisotopic (exact) mass is 365 g/mol. The number of anilines is 1. The number of ether oxygens (including phenoxy) is 1. The first-order valence-electron chi connectivity index (χ1n) is 8.77. The number of piperazine rings is 1. The fourth-order valence-corrected chi connectivity index (χ4v) is 3.26. The van der Waals surface area contributed by atoms with E-state index in [9.17, 15) is 4.79 Å². The quantitative estimate of drug-likeness (QED) is 0.875. The summed E-state index contributed by atoms with van der Waals surface area (Å²) in [6, 6.07) is 6.44. The molecule has 2 heterocycles. The first-order chi connectivity index (χ1) is 11.6. The minimum absolute atomic E-state index is 0. The molecule has 2 fully saturated rings. The second-order valence-electron chi connectivity index (χ2n) is 6.56. The lowest BCUT2D eigenvalue weighted by Gasteiger charge is -2.36. The molecule has 0 aromatic heterocycles. The molecule has 5 nitrogen and oxygen atoms in total. The Labute approximate surface area is 156 Å². The second-order valence-corrected chi connectivity index (χ2v) is 6.56. The number of nitrogens with zero attached hydrogens (tertiary/aromatic N) is 2.